The standard InChI is InChI=1S/C21H16N2O2/c1-3-7-14(8-4-1)20(15-9-5-2-6-10-15)21-22-16-11-18-19(25-13-24-18)12-17(16)23-21/h1-12,20H,13H2,(H,22,23). The van der Waals surface area contributed by atoms with Crippen LogP contribution >= 0.6 is 0 Å². The van der Waals surface area contributed by atoms with Crippen LogP contribution in [-0.4, -0.2) is 16.8 Å². The largest absolute Gasteiger partial charge is 0.454 e. The monoisotopic (exact) mass is 328 g/mol. The maximum absolute atomic E-state index is 5.48. The van der Waals surface area contributed by atoms with Crippen molar-refractivity contribution in [1.82, 2.24) is 9.97 Å². The summed E-state index contributed by atoms with van der Waals surface area (Å²) in [6, 6.07) is 24.7. The lowest BCUT2D eigenvalue weighted by Crippen LogP contribution is -2.05. The number of ether oxygens (including phenoxy) is 2. The molecule has 0 fully saturated rings. The average Bonchev–Trinajstić information content (AvgIpc) is 3.27. The molecule has 0 unspecified atom stereocenters. The minimum Gasteiger partial charge on any atom is -0.454 e. The number of imidazole rings is 1. The first-order valence-electron chi connectivity index (χ1n) is 8.27. The topological polar surface area (TPSA) is 47.1 Å². The summed E-state index contributed by atoms with van der Waals surface area (Å²) >= 11 is 0. The molecular formula is C21H16N2O2. The van der Waals surface area contributed by atoms with Crippen LogP contribution in [0.5, 0.6) is 11.5 Å². The molecule has 0 amide bonds. The molecule has 1 aliphatic rings. The van der Waals surface area contributed by atoms with E-state index in [1.165, 1.54) is 11.1 Å². The predicted molar refractivity (Wildman–Crippen MR) is 96.0 cm³/mol. The third kappa shape index (κ3) is 2.43. The second-order valence-corrected chi connectivity index (χ2v) is 6.10. The third-order valence-corrected chi connectivity index (χ3v) is 4.53. The van der Waals surface area contributed by atoms with Crippen molar-refractivity contribution < 1.29 is 9.47 Å². The number of H-pyrrole nitrogens is 1. The Hall–Kier alpha value is -3.27. The van der Waals surface area contributed by atoms with Gasteiger partial charge in [0.15, 0.2) is 11.5 Å². The van der Waals surface area contributed by atoms with Crippen LogP contribution in [0.1, 0.15) is 22.9 Å². The first-order chi connectivity index (χ1) is 12.4. The number of aromatic amines is 1. The molecule has 0 saturated carbocycles. The van der Waals surface area contributed by atoms with E-state index in [9.17, 15) is 0 Å². The number of nitrogens with zero attached hydrogens (tertiary/aromatic N) is 1. The van der Waals surface area contributed by atoms with Gasteiger partial charge in [-0.25, -0.2) is 4.98 Å². The molecule has 0 bridgehead atoms. The normalized spacial score (nSPS) is 12.8. The van der Waals surface area contributed by atoms with E-state index < -0.39 is 0 Å². The van der Waals surface area contributed by atoms with Crippen LogP contribution < -0.4 is 9.47 Å². The lowest BCUT2D eigenvalue weighted by atomic mass is 9.91. The molecule has 25 heavy (non-hydrogen) atoms. The van der Waals surface area contributed by atoms with Crippen molar-refractivity contribution in [2.24, 2.45) is 0 Å². The second kappa shape index (κ2) is 5.67. The highest BCUT2D eigenvalue weighted by Crippen LogP contribution is 2.37. The molecule has 2 heterocycles. The minimum absolute atomic E-state index is 0.0477. The number of hydrogen-bond acceptors (Lipinski definition) is 3. The molecule has 1 aliphatic heterocycles. The Kier molecular flexibility index (Phi) is 3.20. The number of benzene rings is 3. The van der Waals surface area contributed by atoms with Gasteiger partial charge in [0.25, 0.3) is 0 Å². The summed E-state index contributed by atoms with van der Waals surface area (Å²) in [4.78, 5) is 8.33. The van der Waals surface area contributed by atoms with Gasteiger partial charge in [0.2, 0.25) is 6.79 Å². The molecule has 5 rings (SSSR count). The molecule has 0 radical (unpaired) electrons. The summed E-state index contributed by atoms with van der Waals surface area (Å²) in [6.45, 7) is 0.269. The maximum atomic E-state index is 5.48. The van der Waals surface area contributed by atoms with Crippen molar-refractivity contribution in [2.45, 2.75) is 5.92 Å². The lowest BCUT2D eigenvalue weighted by Gasteiger charge is -2.15. The van der Waals surface area contributed by atoms with E-state index in [0.29, 0.717) is 0 Å². The Balaban J connectivity index is 1.68. The Bertz CT molecular complexity index is 945. The smallest absolute Gasteiger partial charge is 0.231 e. The van der Waals surface area contributed by atoms with E-state index in [0.717, 1.165) is 28.4 Å². The summed E-state index contributed by atoms with van der Waals surface area (Å²) < 4.78 is 10.9. The summed E-state index contributed by atoms with van der Waals surface area (Å²) in [7, 11) is 0. The van der Waals surface area contributed by atoms with Crippen LogP contribution in [0.4, 0.5) is 0 Å². The third-order valence-electron chi connectivity index (χ3n) is 4.53. The molecule has 0 saturated heterocycles. The molecular weight excluding hydrogens is 312 g/mol. The van der Waals surface area contributed by atoms with Crippen molar-refractivity contribution in [1.29, 1.82) is 0 Å². The van der Waals surface area contributed by atoms with Gasteiger partial charge < -0.3 is 14.5 Å². The zero-order valence-electron chi connectivity index (χ0n) is 13.5. The van der Waals surface area contributed by atoms with Gasteiger partial charge in [-0.15, -0.1) is 0 Å². The Morgan fingerprint density at radius 2 is 1.40 bits per heavy atom. The number of rotatable bonds is 3. The summed E-state index contributed by atoms with van der Waals surface area (Å²) in [5.74, 6) is 2.47. The number of aromatic nitrogens is 2. The molecule has 4 nitrogen and oxygen atoms in total. The fraction of sp³-hybridized carbons (Fsp3) is 0.0952. The Morgan fingerprint density at radius 3 is 2.04 bits per heavy atom. The van der Waals surface area contributed by atoms with Crippen molar-refractivity contribution in [3.8, 4) is 11.5 Å². The fourth-order valence-corrected chi connectivity index (χ4v) is 3.36. The van der Waals surface area contributed by atoms with E-state index in [1.54, 1.807) is 0 Å². The molecule has 0 spiro atoms. The summed E-state index contributed by atoms with van der Waals surface area (Å²) in [6.07, 6.45) is 0. The molecule has 0 aliphatic carbocycles. The van der Waals surface area contributed by atoms with E-state index >= 15 is 0 Å². The maximum Gasteiger partial charge on any atom is 0.231 e. The summed E-state index contributed by atoms with van der Waals surface area (Å²) in [5, 5.41) is 0. The van der Waals surface area contributed by atoms with E-state index in [-0.39, 0.29) is 12.7 Å². The quantitative estimate of drug-likeness (QED) is 0.603. The van der Waals surface area contributed by atoms with Gasteiger partial charge in [0.05, 0.1) is 17.0 Å². The van der Waals surface area contributed by atoms with Crippen LogP contribution in [0.3, 0.4) is 0 Å². The number of fused-ring (bicyclic) bond motifs is 2. The van der Waals surface area contributed by atoms with E-state index in [4.69, 9.17) is 14.5 Å². The van der Waals surface area contributed by atoms with Gasteiger partial charge in [-0.1, -0.05) is 60.7 Å². The molecule has 4 aromatic rings. The first kappa shape index (κ1) is 14.1. The van der Waals surface area contributed by atoms with E-state index in [2.05, 4.69) is 53.5 Å². The van der Waals surface area contributed by atoms with Crippen LogP contribution in [0.15, 0.2) is 72.8 Å². The van der Waals surface area contributed by atoms with Crippen LogP contribution in [0.25, 0.3) is 11.0 Å². The van der Waals surface area contributed by atoms with Crippen molar-refractivity contribution in [3.63, 3.8) is 0 Å². The number of nitrogens with one attached hydrogen (secondary N) is 1. The van der Waals surface area contributed by atoms with Gasteiger partial charge in [-0.3, -0.25) is 0 Å². The average molecular weight is 328 g/mol. The SMILES string of the molecule is c1ccc(C(c2ccccc2)c2nc3cc4c(cc3[nH]2)OCO4)cc1. The number of hydrogen-bond donors (Lipinski definition) is 1. The van der Waals surface area contributed by atoms with Crippen LogP contribution in [-0.2, 0) is 0 Å². The molecule has 4 heteroatoms. The van der Waals surface area contributed by atoms with Crippen molar-refractivity contribution in [2.75, 3.05) is 6.79 Å². The Labute approximate surface area is 145 Å². The second-order valence-electron chi connectivity index (χ2n) is 6.10. The minimum atomic E-state index is 0.0477. The van der Waals surface area contributed by atoms with Crippen LogP contribution in [0.2, 0.25) is 0 Å². The Morgan fingerprint density at radius 1 is 0.800 bits per heavy atom. The fourth-order valence-electron chi connectivity index (χ4n) is 3.36. The van der Waals surface area contributed by atoms with E-state index in [1.807, 2.05) is 24.3 Å². The van der Waals surface area contributed by atoms with Gasteiger partial charge >= 0.3 is 0 Å². The lowest BCUT2D eigenvalue weighted by molar-refractivity contribution is 0.174. The molecule has 3 aromatic carbocycles. The predicted octanol–water partition coefficient (Wildman–Crippen LogP) is 4.47. The molecule has 122 valence electrons. The zero-order chi connectivity index (χ0) is 16.6. The van der Waals surface area contributed by atoms with Gasteiger partial charge in [0.1, 0.15) is 5.82 Å². The molecule has 1 aromatic heterocycles. The van der Waals surface area contributed by atoms with Crippen molar-refractivity contribution >= 4 is 11.0 Å². The summed E-state index contributed by atoms with van der Waals surface area (Å²) in [5.41, 5.74) is 4.24. The highest BCUT2D eigenvalue weighted by molar-refractivity contribution is 5.80. The van der Waals surface area contributed by atoms with Gasteiger partial charge in [-0.05, 0) is 11.1 Å². The van der Waals surface area contributed by atoms with Crippen molar-refractivity contribution in [3.05, 3.63) is 89.7 Å². The highest BCUT2D eigenvalue weighted by atomic mass is 16.7. The first-order valence-corrected chi connectivity index (χ1v) is 8.27. The van der Waals surface area contributed by atoms with Crippen LogP contribution in [0, 0.1) is 0 Å². The molecule has 1 N–H and O–H groups in total. The van der Waals surface area contributed by atoms with Gasteiger partial charge in [0, 0.05) is 12.1 Å². The zero-order valence-corrected chi connectivity index (χ0v) is 13.5. The van der Waals surface area contributed by atoms with Gasteiger partial charge in [-0.2, -0.15) is 0 Å². The highest BCUT2D eigenvalue weighted by Gasteiger charge is 2.22. The molecule has 0 atom stereocenters.